The third kappa shape index (κ3) is 2.25. The van der Waals surface area contributed by atoms with E-state index in [0.717, 1.165) is 12.3 Å². The standard InChI is InChI=1S/C12H15Cl/c1-9-4-2-3-5-11(9)8-12(13)10-6-7-10/h2-5,10,12H,6-8H2,1H3. The Balaban J connectivity index is 2.03. The summed E-state index contributed by atoms with van der Waals surface area (Å²) in [7, 11) is 0. The highest BCUT2D eigenvalue weighted by molar-refractivity contribution is 6.21. The molecule has 1 aliphatic rings. The number of benzene rings is 1. The monoisotopic (exact) mass is 194 g/mol. The SMILES string of the molecule is Cc1ccccc1CC(Cl)C1CC1. The maximum Gasteiger partial charge on any atom is 0.0404 e. The molecule has 0 aliphatic heterocycles. The van der Waals surface area contributed by atoms with Gasteiger partial charge in [0.05, 0.1) is 0 Å². The van der Waals surface area contributed by atoms with Crippen LogP contribution in [0.15, 0.2) is 24.3 Å². The number of hydrogen-bond donors (Lipinski definition) is 0. The zero-order chi connectivity index (χ0) is 9.26. The van der Waals surface area contributed by atoms with Gasteiger partial charge in [-0.15, -0.1) is 11.6 Å². The maximum atomic E-state index is 6.28. The van der Waals surface area contributed by atoms with E-state index in [1.165, 1.54) is 24.0 Å². The maximum absolute atomic E-state index is 6.28. The van der Waals surface area contributed by atoms with Crippen molar-refractivity contribution in [1.29, 1.82) is 0 Å². The van der Waals surface area contributed by atoms with Crippen molar-refractivity contribution in [3.8, 4) is 0 Å². The van der Waals surface area contributed by atoms with Crippen molar-refractivity contribution in [3.63, 3.8) is 0 Å². The van der Waals surface area contributed by atoms with Crippen molar-refractivity contribution in [2.24, 2.45) is 5.92 Å². The van der Waals surface area contributed by atoms with Gasteiger partial charge >= 0.3 is 0 Å². The molecule has 1 aliphatic carbocycles. The van der Waals surface area contributed by atoms with Crippen LogP contribution in [-0.4, -0.2) is 5.38 Å². The summed E-state index contributed by atoms with van der Waals surface area (Å²) in [5.74, 6) is 0.793. The molecule has 1 unspecified atom stereocenters. The van der Waals surface area contributed by atoms with E-state index >= 15 is 0 Å². The minimum absolute atomic E-state index is 0.362. The van der Waals surface area contributed by atoms with Crippen LogP contribution in [0.25, 0.3) is 0 Å². The van der Waals surface area contributed by atoms with Gasteiger partial charge in [0.25, 0.3) is 0 Å². The highest BCUT2D eigenvalue weighted by atomic mass is 35.5. The third-order valence-corrected chi connectivity index (χ3v) is 3.32. The normalized spacial score (nSPS) is 18.6. The number of aryl methyl sites for hydroxylation is 1. The van der Waals surface area contributed by atoms with Gasteiger partial charge in [-0.25, -0.2) is 0 Å². The summed E-state index contributed by atoms with van der Waals surface area (Å²) in [6.07, 6.45) is 3.71. The Morgan fingerprint density at radius 3 is 2.69 bits per heavy atom. The van der Waals surface area contributed by atoms with E-state index in [9.17, 15) is 0 Å². The van der Waals surface area contributed by atoms with Crippen LogP contribution >= 0.6 is 11.6 Å². The van der Waals surface area contributed by atoms with Crippen LogP contribution in [0.4, 0.5) is 0 Å². The van der Waals surface area contributed by atoms with E-state index in [1.54, 1.807) is 0 Å². The van der Waals surface area contributed by atoms with Gasteiger partial charge in [-0.1, -0.05) is 24.3 Å². The van der Waals surface area contributed by atoms with Gasteiger partial charge in [-0.3, -0.25) is 0 Å². The van der Waals surface area contributed by atoms with Crippen molar-refractivity contribution in [2.75, 3.05) is 0 Å². The molecule has 13 heavy (non-hydrogen) atoms. The molecule has 1 fully saturated rings. The summed E-state index contributed by atoms with van der Waals surface area (Å²) in [4.78, 5) is 0. The molecule has 0 heterocycles. The molecule has 1 heteroatoms. The van der Waals surface area contributed by atoms with Crippen LogP contribution in [0.2, 0.25) is 0 Å². The predicted molar refractivity (Wildman–Crippen MR) is 57.2 cm³/mol. The Morgan fingerprint density at radius 1 is 1.38 bits per heavy atom. The molecule has 0 nitrogen and oxygen atoms in total. The molecule has 0 spiro atoms. The van der Waals surface area contributed by atoms with Gasteiger partial charge < -0.3 is 0 Å². The van der Waals surface area contributed by atoms with E-state index in [1.807, 2.05) is 0 Å². The summed E-state index contributed by atoms with van der Waals surface area (Å²) >= 11 is 6.28. The molecule has 0 aromatic heterocycles. The fraction of sp³-hybridized carbons (Fsp3) is 0.500. The lowest BCUT2D eigenvalue weighted by molar-refractivity contribution is 0.735. The van der Waals surface area contributed by atoms with Crippen LogP contribution in [0, 0.1) is 12.8 Å². The molecule has 70 valence electrons. The summed E-state index contributed by atoms with van der Waals surface area (Å²) in [6, 6.07) is 8.52. The highest BCUT2D eigenvalue weighted by Crippen LogP contribution is 2.37. The van der Waals surface area contributed by atoms with Gasteiger partial charge in [-0.05, 0) is 43.2 Å². The number of alkyl halides is 1. The van der Waals surface area contributed by atoms with Crippen LogP contribution in [0.1, 0.15) is 24.0 Å². The second-order valence-corrected chi connectivity index (χ2v) is 4.54. The van der Waals surface area contributed by atoms with Crippen LogP contribution in [0.3, 0.4) is 0 Å². The predicted octanol–water partition coefficient (Wildman–Crippen LogP) is 3.55. The topological polar surface area (TPSA) is 0 Å². The van der Waals surface area contributed by atoms with Gasteiger partial charge in [0, 0.05) is 5.38 Å². The van der Waals surface area contributed by atoms with Crippen molar-refractivity contribution < 1.29 is 0 Å². The molecule has 0 N–H and O–H groups in total. The number of hydrogen-bond acceptors (Lipinski definition) is 0. The molecule has 0 saturated heterocycles. The van der Waals surface area contributed by atoms with Gasteiger partial charge in [-0.2, -0.15) is 0 Å². The first-order chi connectivity index (χ1) is 6.27. The lowest BCUT2D eigenvalue weighted by atomic mass is 10.0. The zero-order valence-corrected chi connectivity index (χ0v) is 8.72. The van der Waals surface area contributed by atoms with Crippen molar-refractivity contribution in [2.45, 2.75) is 31.6 Å². The van der Waals surface area contributed by atoms with Crippen LogP contribution < -0.4 is 0 Å². The summed E-state index contributed by atoms with van der Waals surface area (Å²) in [5.41, 5.74) is 2.78. The molecule has 0 amide bonds. The van der Waals surface area contributed by atoms with Crippen molar-refractivity contribution in [1.82, 2.24) is 0 Å². The van der Waals surface area contributed by atoms with Gasteiger partial charge in [0.15, 0.2) is 0 Å². The fourth-order valence-corrected chi connectivity index (χ4v) is 2.09. The smallest absolute Gasteiger partial charge is 0.0404 e. The zero-order valence-electron chi connectivity index (χ0n) is 7.96. The Kier molecular flexibility index (Phi) is 2.59. The van der Waals surface area contributed by atoms with E-state index in [4.69, 9.17) is 11.6 Å². The molecule has 1 atom stereocenters. The average Bonchev–Trinajstić information content (AvgIpc) is 2.91. The van der Waals surface area contributed by atoms with Gasteiger partial charge in [0.1, 0.15) is 0 Å². The summed E-state index contributed by atoms with van der Waals surface area (Å²) < 4.78 is 0. The Morgan fingerprint density at radius 2 is 2.08 bits per heavy atom. The van der Waals surface area contributed by atoms with E-state index < -0.39 is 0 Å². The highest BCUT2D eigenvalue weighted by Gasteiger charge is 2.29. The second-order valence-electron chi connectivity index (χ2n) is 3.98. The third-order valence-electron chi connectivity index (χ3n) is 2.81. The Bertz CT molecular complexity index is 289. The minimum Gasteiger partial charge on any atom is -0.122 e. The first-order valence-electron chi connectivity index (χ1n) is 4.96. The lowest BCUT2D eigenvalue weighted by Gasteiger charge is -2.09. The van der Waals surface area contributed by atoms with Crippen LogP contribution in [-0.2, 0) is 6.42 Å². The molecule has 1 aromatic carbocycles. The molecular formula is C12H15Cl. The first-order valence-corrected chi connectivity index (χ1v) is 5.39. The van der Waals surface area contributed by atoms with Crippen LogP contribution in [0.5, 0.6) is 0 Å². The summed E-state index contributed by atoms with van der Waals surface area (Å²) in [6.45, 7) is 2.16. The summed E-state index contributed by atoms with van der Waals surface area (Å²) in [5, 5.41) is 0.362. The minimum atomic E-state index is 0.362. The van der Waals surface area contributed by atoms with Gasteiger partial charge in [0.2, 0.25) is 0 Å². The Hall–Kier alpha value is -0.490. The molecule has 2 rings (SSSR count). The molecule has 1 saturated carbocycles. The number of rotatable bonds is 3. The lowest BCUT2D eigenvalue weighted by Crippen LogP contribution is -2.06. The number of halogens is 1. The molecule has 0 radical (unpaired) electrons. The molecule has 0 bridgehead atoms. The Labute approximate surface area is 84.9 Å². The van der Waals surface area contributed by atoms with E-state index in [2.05, 4.69) is 31.2 Å². The second kappa shape index (κ2) is 3.71. The first kappa shape index (κ1) is 9.08. The van der Waals surface area contributed by atoms with Crippen molar-refractivity contribution in [3.05, 3.63) is 35.4 Å². The molecule has 1 aromatic rings. The quantitative estimate of drug-likeness (QED) is 0.646. The largest absolute Gasteiger partial charge is 0.122 e. The van der Waals surface area contributed by atoms with E-state index in [0.29, 0.717) is 5.38 Å². The van der Waals surface area contributed by atoms with Crippen molar-refractivity contribution >= 4 is 11.6 Å². The fourth-order valence-electron chi connectivity index (χ4n) is 1.67. The molecular weight excluding hydrogens is 180 g/mol. The average molecular weight is 195 g/mol. The van der Waals surface area contributed by atoms with E-state index in [-0.39, 0.29) is 0 Å².